The van der Waals surface area contributed by atoms with E-state index in [4.69, 9.17) is 4.74 Å². The van der Waals surface area contributed by atoms with Gasteiger partial charge >= 0.3 is 0 Å². The van der Waals surface area contributed by atoms with Crippen LogP contribution in [0.15, 0.2) is 77.9 Å². The van der Waals surface area contributed by atoms with Crippen molar-refractivity contribution in [2.45, 2.75) is 20.0 Å². The highest BCUT2D eigenvalue weighted by Gasteiger charge is 2.14. The molecule has 2 N–H and O–H groups in total. The van der Waals surface area contributed by atoms with E-state index in [-0.39, 0.29) is 30.3 Å². The lowest BCUT2D eigenvalue weighted by molar-refractivity contribution is -0.115. The van der Waals surface area contributed by atoms with Gasteiger partial charge in [-0.3, -0.25) is 14.6 Å². The highest BCUT2D eigenvalue weighted by atomic mass is 19.1. The Morgan fingerprint density at radius 2 is 1.97 bits per heavy atom. The smallest absolute Gasteiger partial charge is 0.255 e. The summed E-state index contributed by atoms with van der Waals surface area (Å²) in [7, 11) is 0. The number of carbonyl (C=O) groups is 1. The average molecular weight is 444 g/mol. The molecule has 0 aliphatic rings. The molecule has 0 saturated heterocycles. The van der Waals surface area contributed by atoms with Crippen molar-refractivity contribution in [2.75, 3.05) is 5.32 Å². The summed E-state index contributed by atoms with van der Waals surface area (Å²) >= 11 is 0. The molecule has 0 bridgehead atoms. The molecular formula is C25H21FN4O3. The van der Waals surface area contributed by atoms with Crippen LogP contribution >= 0.6 is 0 Å². The summed E-state index contributed by atoms with van der Waals surface area (Å²) in [6.07, 6.45) is 3.12. The van der Waals surface area contributed by atoms with Crippen LogP contribution in [0.25, 0.3) is 11.4 Å². The van der Waals surface area contributed by atoms with Gasteiger partial charge < -0.3 is 15.0 Å². The van der Waals surface area contributed by atoms with E-state index < -0.39 is 0 Å². The number of amides is 1. The largest absolute Gasteiger partial charge is 0.489 e. The van der Waals surface area contributed by atoms with Crippen molar-refractivity contribution in [3.63, 3.8) is 0 Å². The van der Waals surface area contributed by atoms with E-state index in [9.17, 15) is 14.0 Å². The molecule has 7 nitrogen and oxygen atoms in total. The fraction of sp³-hybridized carbons (Fsp3) is 0.120. The van der Waals surface area contributed by atoms with Crippen molar-refractivity contribution in [1.82, 2.24) is 15.0 Å². The number of rotatable bonds is 7. The van der Waals surface area contributed by atoms with Crippen molar-refractivity contribution in [3.8, 4) is 17.1 Å². The van der Waals surface area contributed by atoms with Crippen LogP contribution < -0.4 is 15.6 Å². The highest BCUT2D eigenvalue weighted by molar-refractivity contribution is 5.92. The minimum atomic E-state index is -0.373. The van der Waals surface area contributed by atoms with Gasteiger partial charge in [-0.2, -0.15) is 0 Å². The van der Waals surface area contributed by atoms with E-state index in [1.54, 1.807) is 61.8 Å². The first-order valence-electron chi connectivity index (χ1n) is 10.3. The van der Waals surface area contributed by atoms with Gasteiger partial charge in [-0.05, 0) is 48.9 Å². The van der Waals surface area contributed by atoms with Crippen molar-refractivity contribution in [1.29, 1.82) is 0 Å². The van der Waals surface area contributed by atoms with Crippen molar-refractivity contribution >= 4 is 11.6 Å². The quantitative estimate of drug-likeness (QED) is 0.448. The molecule has 0 fully saturated rings. The zero-order chi connectivity index (χ0) is 23.2. The van der Waals surface area contributed by atoms with Crippen LogP contribution in [0.4, 0.5) is 10.1 Å². The summed E-state index contributed by atoms with van der Waals surface area (Å²) in [4.78, 5) is 36.3. The van der Waals surface area contributed by atoms with E-state index in [1.807, 2.05) is 6.07 Å². The lowest BCUT2D eigenvalue weighted by Gasteiger charge is -2.10. The van der Waals surface area contributed by atoms with Crippen molar-refractivity contribution in [2.24, 2.45) is 0 Å². The van der Waals surface area contributed by atoms with Gasteiger partial charge in [0.15, 0.2) is 0 Å². The number of nitrogens with zero attached hydrogens (tertiary/aromatic N) is 2. The lowest BCUT2D eigenvalue weighted by atomic mass is 10.1. The first-order chi connectivity index (χ1) is 16.0. The second-order valence-corrected chi connectivity index (χ2v) is 7.39. The minimum Gasteiger partial charge on any atom is -0.489 e. The molecule has 0 unspecified atom stereocenters. The summed E-state index contributed by atoms with van der Waals surface area (Å²) in [5.74, 6) is 0.103. The molecule has 0 aliphatic carbocycles. The number of anilines is 1. The van der Waals surface area contributed by atoms with Gasteiger partial charge in [-0.1, -0.05) is 18.2 Å². The lowest BCUT2D eigenvalue weighted by Crippen LogP contribution is -2.24. The predicted molar refractivity (Wildman–Crippen MR) is 122 cm³/mol. The Hall–Kier alpha value is -4.33. The summed E-state index contributed by atoms with van der Waals surface area (Å²) in [5.41, 5.74) is 2.46. The Kier molecular flexibility index (Phi) is 6.54. The van der Waals surface area contributed by atoms with Crippen LogP contribution in [0.2, 0.25) is 0 Å². The maximum Gasteiger partial charge on any atom is 0.255 e. The van der Waals surface area contributed by atoms with Crippen LogP contribution in [0.5, 0.6) is 5.75 Å². The SMILES string of the molecule is Cc1nc(-c2cccnc2)[nH]c(=O)c1CC(=O)Nc1cccc(COc2cccc(F)c2)c1. The number of hydrogen-bond donors (Lipinski definition) is 2. The van der Waals surface area contributed by atoms with Crippen molar-refractivity contribution < 1.29 is 13.9 Å². The Labute approximate surface area is 189 Å². The van der Waals surface area contributed by atoms with Gasteiger partial charge in [0.05, 0.1) is 6.42 Å². The summed E-state index contributed by atoms with van der Waals surface area (Å²) in [6, 6.07) is 16.6. The van der Waals surface area contributed by atoms with Gasteiger partial charge in [-0.25, -0.2) is 9.37 Å². The number of H-pyrrole nitrogens is 1. The standard InChI is InChI=1S/C25H21FN4O3/c1-16-22(25(32)30-24(28-16)18-6-4-10-27-14-18)13-23(31)29-20-8-2-5-17(11-20)15-33-21-9-3-7-19(26)12-21/h2-12,14H,13,15H2,1H3,(H,29,31)(H,28,30,32). The van der Waals surface area contributed by atoms with Gasteiger partial charge in [-0.15, -0.1) is 0 Å². The fourth-order valence-electron chi connectivity index (χ4n) is 3.29. The number of carbonyl (C=O) groups excluding carboxylic acids is 1. The van der Waals surface area contributed by atoms with Gasteiger partial charge in [0.1, 0.15) is 24.0 Å². The molecule has 1 amide bonds. The first kappa shape index (κ1) is 21.9. The average Bonchev–Trinajstić information content (AvgIpc) is 2.81. The van der Waals surface area contributed by atoms with Gasteiger partial charge in [0, 0.05) is 41.0 Å². The third-order valence-corrected chi connectivity index (χ3v) is 4.91. The number of hydrogen-bond acceptors (Lipinski definition) is 5. The number of pyridine rings is 1. The molecule has 2 aromatic heterocycles. The molecule has 0 spiro atoms. The second-order valence-electron chi connectivity index (χ2n) is 7.39. The van der Waals surface area contributed by atoms with E-state index in [0.29, 0.717) is 34.1 Å². The van der Waals surface area contributed by atoms with Crippen LogP contribution in [0.1, 0.15) is 16.8 Å². The third kappa shape index (κ3) is 5.68. The number of halogens is 1. The van der Waals surface area contributed by atoms with E-state index >= 15 is 0 Å². The number of aryl methyl sites for hydroxylation is 1. The number of nitrogens with one attached hydrogen (secondary N) is 2. The molecule has 33 heavy (non-hydrogen) atoms. The van der Waals surface area contributed by atoms with E-state index in [0.717, 1.165) is 5.56 Å². The molecule has 4 rings (SSSR count). The topological polar surface area (TPSA) is 97.0 Å². The number of aromatic amines is 1. The monoisotopic (exact) mass is 444 g/mol. The summed E-state index contributed by atoms with van der Waals surface area (Å²) < 4.78 is 18.9. The predicted octanol–water partition coefficient (Wildman–Crippen LogP) is 4.04. The number of aromatic nitrogens is 3. The maximum atomic E-state index is 13.3. The molecular weight excluding hydrogens is 423 g/mol. The van der Waals surface area contributed by atoms with Crippen molar-refractivity contribution in [3.05, 3.63) is 106 Å². The molecule has 0 radical (unpaired) electrons. The molecule has 0 aliphatic heterocycles. The zero-order valence-electron chi connectivity index (χ0n) is 17.8. The summed E-state index contributed by atoms with van der Waals surface area (Å²) in [5, 5.41) is 2.79. The molecule has 166 valence electrons. The Morgan fingerprint density at radius 1 is 1.12 bits per heavy atom. The molecule has 8 heteroatoms. The first-order valence-corrected chi connectivity index (χ1v) is 10.3. The molecule has 0 atom stereocenters. The zero-order valence-corrected chi connectivity index (χ0v) is 17.8. The van der Waals surface area contributed by atoms with Crippen LogP contribution in [0, 0.1) is 12.7 Å². The van der Waals surface area contributed by atoms with E-state index in [2.05, 4.69) is 20.3 Å². The number of benzene rings is 2. The summed E-state index contributed by atoms with van der Waals surface area (Å²) in [6.45, 7) is 1.91. The van der Waals surface area contributed by atoms with Gasteiger partial charge in [0.2, 0.25) is 5.91 Å². The van der Waals surface area contributed by atoms with Crippen LogP contribution in [-0.4, -0.2) is 20.9 Å². The molecule has 2 heterocycles. The Balaban J connectivity index is 1.42. The van der Waals surface area contributed by atoms with Crippen LogP contribution in [-0.2, 0) is 17.8 Å². The second kappa shape index (κ2) is 9.86. The van der Waals surface area contributed by atoms with E-state index in [1.165, 1.54) is 12.1 Å². The molecule has 2 aromatic carbocycles. The third-order valence-electron chi connectivity index (χ3n) is 4.91. The Morgan fingerprint density at radius 3 is 2.73 bits per heavy atom. The minimum absolute atomic E-state index is 0.120. The normalized spacial score (nSPS) is 10.6. The maximum absolute atomic E-state index is 13.3. The fourth-order valence-corrected chi connectivity index (χ4v) is 3.29. The van der Waals surface area contributed by atoms with Crippen LogP contribution in [0.3, 0.4) is 0 Å². The van der Waals surface area contributed by atoms with Gasteiger partial charge in [0.25, 0.3) is 5.56 Å². The Bertz CT molecular complexity index is 1340. The highest BCUT2D eigenvalue weighted by Crippen LogP contribution is 2.17. The molecule has 4 aromatic rings. The molecule has 0 saturated carbocycles. The number of ether oxygens (including phenoxy) is 1.